The van der Waals surface area contributed by atoms with E-state index in [2.05, 4.69) is 5.32 Å². The van der Waals surface area contributed by atoms with Gasteiger partial charge in [-0.15, -0.1) is 0 Å². The van der Waals surface area contributed by atoms with Gasteiger partial charge in [0.15, 0.2) is 11.5 Å². The van der Waals surface area contributed by atoms with Gasteiger partial charge in [0.1, 0.15) is 0 Å². The molecule has 0 heterocycles. The summed E-state index contributed by atoms with van der Waals surface area (Å²) in [5.74, 6) is 0.864. The largest absolute Gasteiger partial charge is 0.493 e. The molecule has 0 fully saturated rings. The van der Waals surface area contributed by atoms with E-state index in [9.17, 15) is 9.59 Å². The van der Waals surface area contributed by atoms with Crippen molar-refractivity contribution in [2.24, 2.45) is 0 Å². The Labute approximate surface area is 153 Å². The molecule has 0 radical (unpaired) electrons. The standard InChI is InChI=1S/C20H24N2O4/c1-5-26-18-12-16(10-11-17(18)25-4)19(23)21-13-14-6-8-15(9-7-14)20(24)22(2)3/h6-12H,5,13H2,1-4H3,(H,21,23). The number of carbonyl (C=O) groups is 2. The fourth-order valence-electron chi connectivity index (χ4n) is 2.39. The van der Waals surface area contributed by atoms with Crippen LogP contribution in [0.3, 0.4) is 0 Å². The molecule has 0 aliphatic carbocycles. The lowest BCUT2D eigenvalue weighted by Crippen LogP contribution is -2.23. The average molecular weight is 356 g/mol. The summed E-state index contributed by atoms with van der Waals surface area (Å²) in [6.45, 7) is 2.72. The van der Waals surface area contributed by atoms with Crippen molar-refractivity contribution in [3.63, 3.8) is 0 Å². The minimum absolute atomic E-state index is 0.0535. The zero-order chi connectivity index (χ0) is 19.1. The molecule has 26 heavy (non-hydrogen) atoms. The van der Waals surface area contributed by atoms with Crippen LogP contribution in [0.1, 0.15) is 33.2 Å². The van der Waals surface area contributed by atoms with Gasteiger partial charge in [-0.3, -0.25) is 9.59 Å². The van der Waals surface area contributed by atoms with Gasteiger partial charge < -0.3 is 19.7 Å². The number of benzene rings is 2. The zero-order valence-corrected chi connectivity index (χ0v) is 15.5. The second-order valence-electron chi connectivity index (χ2n) is 5.88. The van der Waals surface area contributed by atoms with Crippen molar-refractivity contribution in [1.29, 1.82) is 0 Å². The van der Waals surface area contributed by atoms with Crippen molar-refractivity contribution in [2.75, 3.05) is 27.8 Å². The highest BCUT2D eigenvalue weighted by atomic mass is 16.5. The Morgan fingerprint density at radius 1 is 1.00 bits per heavy atom. The summed E-state index contributed by atoms with van der Waals surface area (Å²) in [6, 6.07) is 12.2. The smallest absolute Gasteiger partial charge is 0.253 e. The minimum atomic E-state index is -0.206. The normalized spacial score (nSPS) is 10.2. The fraction of sp³-hybridized carbons (Fsp3) is 0.300. The number of hydrogen-bond donors (Lipinski definition) is 1. The van der Waals surface area contributed by atoms with Crippen LogP contribution >= 0.6 is 0 Å². The molecule has 6 nitrogen and oxygen atoms in total. The van der Waals surface area contributed by atoms with E-state index in [0.717, 1.165) is 5.56 Å². The molecule has 0 aliphatic rings. The van der Waals surface area contributed by atoms with Crippen molar-refractivity contribution in [3.05, 3.63) is 59.2 Å². The molecule has 0 spiro atoms. The Hall–Kier alpha value is -3.02. The summed E-state index contributed by atoms with van der Waals surface area (Å²) < 4.78 is 10.7. The van der Waals surface area contributed by atoms with Gasteiger partial charge in [-0.1, -0.05) is 12.1 Å². The topological polar surface area (TPSA) is 67.9 Å². The summed E-state index contributed by atoms with van der Waals surface area (Å²) in [5, 5.41) is 2.86. The van der Waals surface area contributed by atoms with Crippen molar-refractivity contribution >= 4 is 11.8 Å². The molecule has 0 saturated heterocycles. The third-order valence-electron chi connectivity index (χ3n) is 3.79. The Bertz CT molecular complexity index is 770. The molecule has 0 aromatic heterocycles. The maximum Gasteiger partial charge on any atom is 0.253 e. The molecular formula is C20H24N2O4. The predicted molar refractivity (Wildman–Crippen MR) is 99.8 cm³/mol. The van der Waals surface area contributed by atoms with E-state index in [0.29, 0.717) is 35.8 Å². The first-order valence-electron chi connectivity index (χ1n) is 8.36. The number of ether oxygens (including phenoxy) is 2. The molecule has 0 aliphatic heterocycles. The maximum atomic E-state index is 12.4. The van der Waals surface area contributed by atoms with E-state index in [1.165, 1.54) is 4.90 Å². The van der Waals surface area contributed by atoms with Crippen LogP contribution in [0.25, 0.3) is 0 Å². The number of methoxy groups -OCH3 is 1. The van der Waals surface area contributed by atoms with E-state index in [4.69, 9.17) is 9.47 Å². The molecule has 0 bridgehead atoms. The predicted octanol–water partition coefficient (Wildman–Crippen LogP) is 2.73. The van der Waals surface area contributed by atoms with Crippen molar-refractivity contribution in [2.45, 2.75) is 13.5 Å². The fourth-order valence-corrected chi connectivity index (χ4v) is 2.39. The number of rotatable bonds is 7. The molecule has 2 aromatic rings. The Morgan fingerprint density at radius 2 is 1.65 bits per heavy atom. The first kappa shape index (κ1) is 19.3. The Kier molecular flexibility index (Phi) is 6.60. The lowest BCUT2D eigenvalue weighted by Gasteiger charge is -2.12. The van der Waals surface area contributed by atoms with Gasteiger partial charge in [-0.05, 0) is 42.8 Å². The van der Waals surface area contributed by atoms with Crippen LogP contribution in [0.4, 0.5) is 0 Å². The van der Waals surface area contributed by atoms with Crippen molar-refractivity contribution in [1.82, 2.24) is 10.2 Å². The maximum absolute atomic E-state index is 12.4. The summed E-state index contributed by atoms with van der Waals surface area (Å²) in [7, 11) is 4.98. The molecule has 0 saturated carbocycles. The van der Waals surface area contributed by atoms with E-state index < -0.39 is 0 Å². The van der Waals surface area contributed by atoms with Gasteiger partial charge in [0.25, 0.3) is 11.8 Å². The van der Waals surface area contributed by atoms with Crippen LogP contribution in [0.5, 0.6) is 11.5 Å². The van der Waals surface area contributed by atoms with Gasteiger partial charge in [0.2, 0.25) is 0 Å². The quantitative estimate of drug-likeness (QED) is 0.828. The molecule has 1 N–H and O–H groups in total. The first-order chi connectivity index (χ1) is 12.5. The first-order valence-corrected chi connectivity index (χ1v) is 8.36. The SMILES string of the molecule is CCOc1cc(C(=O)NCc2ccc(C(=O)N(C)C)cc2)ccc1OC. The molecular weight excluding hydrogens is 332 g/mol. The summed E-state index contributed by atoms with van der Waals surface area (Å²) in [4.78, 5) is 25.8. The van der Waals surface area contributed by atoms with Crippen LogP contribution in [0, 0.1) is 0 Å². The van der Waals surface area contributed by atoms with Crippen molar-refractivity contribution in [3.8, 4) is 11.5 Å². The Balaban J connectivity index is 2.02. The van der Waals surface area contributed by atoms with E-state index in [1.54, 1.807) is 51.5 Å². The van der Waals surface area contributed by atoms with Crippen LogP contribution in [-0.4, -0.2) is 44.5 Å². The molecule has 138 valence electrons. The summed E-state index contributed by atoms with van der Waals surface area (Å²) >= 11 is 0. The number of nitrogens with one attached hydrogen (secondary N) is 1. The monoisotopic (exact) mass is 356 g/mol. The van der Waals surface area contributed by atoms with Gasteiger partial charge in [0, 0.05) is 31.8 Å². The third-order valence-corrected chi connectivity index (χ3v) is 3.79. The van der Waals surface area contributed by atoms with Crippen LogP contribution in [-0.2, 0) is 6.54 Å². The number of hydrogen-bond acceptors (Lipinski definition) is 4. The lowest BCUT2D eigenvalue weighted by molar-refractivity contribution is 0.0827. The highest BCUT2D eigenvalue weighted by Crippen LogP contribution is 2.28. The van der Waals surface area contributed by atoms with Crippen LogP contribution < -0.4 is 14.8 Å². The average Bonchev–Trinajstić information content (AvgIpc) is 2.66. The van der Waals surface area contributed by atoms with Gasteiger partial charge in [-0.2, -0.15) is 0 Å². The summed E-state index contributed by atoms with van der Waals surface area (Å²) in [5.41, 5.74) is 2.02. The highest BCUT2D eigenvalue weighted by molar-refractivity contribution is 5.95. The lowest BCUT2D eigenvalue weighted by atomic mass is 10.1. The second-order valence-corrected chi connectivity index (χ2v) is 5.88. The molecule has 2 rings (SSSR count). The number of amides is 2. The van der Waals surface area contributed by atoms with Gasteiger partial charge >= 0.3 is 0 Å². The zero-order valence-electron chi connectivity index (χ0n) is 15.5. The molecule has 2 aromatic carbocycles. The second kappa shape index (κ2) is 8.89. The molecule has 2 amide bonds. The van der Waals surface area contributed by atoms with Gasteiger partial charge in [0.05, 0.1) is 13.7 Å². The highest BCUT2D eigenvalue weighted by Gasteiger charge is 2.11. The molecule has 0 atom stereocenters. The van der Waals surface area contributed by atoms with Crippen molar-refractivity contribution < 1.29 is 19.1 Å². The molecule has 0 unspecified atom stereocenters. The van der Waals surface area contributed by atoms with E-state index in [-0.39, 0.29) is 11.8 Å². The van der Waals surface area contributed by atoms with Crippen LogP contribution in [0.15, 0.2) is 42.5 Å². The van der Waals surface area contributed by atoms with Crippen LogP contribution in [0.2, 0.25) is 0 Å². The number of nitrogens with zero attached hydrogens (tertiary/aromatic N) is 1. The van der Waals surface area contributed by atoms with E-state index >= 15 is 0 Å². The Morgan fingerprint density at radius 3 is 2.23 bits per heavy atom. The van der Waals surface area contributed by atoms with Gasteiger partial charge in [-0.25, -0.2) is 0 Å². The minimum Gasteiger partial charge on any atom is -0.493 e. The molecule has 6 heteroatoms. The van der Waals surface area contributed by atoms with E-state index in [1.807, 2.05) is 19.1 Å². The number of carbonyl (C=O) groups excluding carboxylic acids is 2. The third kappa shape index (κ3) is 4.75. The summed E-state index contributed by atoms with van der Waals surface area (Å²) in [6.07, 6.45) is 0.